The number of aromatic hydroxyl groups is 1. The van der Waals surface area contributed by atoms with E-state index in [0.717, 1.165) is 21.9 Å². The second-order valence-electron chi connectivity index (χ2n) is 11.3. The Labute approximate surface area is 260 Å². The molecule has 2 aliphatic heterocycles. The van der Waals surface area contributed by atoms with E-state index in [0.29, 0.717) is 21.8 Å². The zero-order chi connectivity index (χ0) is 30.4. The van der Waals surface area contributed by atoms with Crippen molar-refractivity contribution >= 4 is 69.8 Å². The minimum atomic E-state index is -2.06. The quantitative estimate of drug-likeness (QED) is 0.217. The first-order valence-corrected chi connectivity index (χ1v) is 14.8. The van der Waals surface area contributed by atoms with Gasteiger partial charge in [0.25, 0.3) is 11.8 Å². The van der Waals surface area contributed by atoms with Gasteiger partial charge < -0.3 is 5.11 Å². The van der Waals surface area contributed by atoms with Crippen LogP contribution in [0.3, 0.4) is 0 Å². The molecule has 3 aromatic carbocycles. The lowest BCUT2D eigenvalue weighted by Gasteiger charge is -2.50. The van der Waals surface area contributed by atoms with Crippen LogP contribution in [0.15, 0.2) is 84.4 Å². The van der Waals surface area contributed by atoms with Gasteiger partial charge in [0.1, 0.15) is 11.6 Å². The number of amides is 4. The van der Waals surface area contributed by atoms with Crippen LogP contribution in [0.1, 0.15) is 24.3 Å². The number of alkyl halides is 2. The number of benzene rings is 3. The smallest absolute Gasteiger partial charge is 0.258 e. The second-order valence-corrected chi connectivity index (χ2v) is 13.0. The molecule has 0 aromatic heterocycles. The van der Waals surface area contributed by atoms with Crippen molar-refractivity contribution in [1.29, 1.82) is 0 Å². The molecule has 0 bridgehead atoms. The number of carbonyl (C=O) groups excluding carboxylic acids is 4. The van der Waals surface area contributed by atoms with E-state index in [1.165, 1.54) is 24.3 Å². The maximum atomic E-state index is 14.3. The molecule has 4 aliphatic rings. The lowest BCUT2D eigenvalue weighted by Crippen LogP contribution is -2.60. The fourth-order valence-electron chi connectivity index (χ4n) is 7.32. The normalized spacial score (nSPS) is 31.6. The lowest BCUT2D eigenvalue weighted by molar-refractivity contribution is -0.125. The first-order valence-electron chi connectivity index (χ1n) is 13.6. The van der Waals surface area contributed by atoms with Crippen LogP contribution in [0.4, 0.5) is 15.8 Å². The molecule has 2 saturated heterocycles. The van der Waals surface area contributed by atoms with Gasteiger partial charge in [-0.3, -0.25) is 24.1 Å². The molecule has 2 aliphatic carbocycles. The fourth-order valence-corrected chi connectivity index (χ4v) is 8.38. The van der Waals surface area contributed by atoms with Crippen LogP contribution in [0.25, 0.3) is 0 Å². The predicted octanol–water partition coefficient (Wildman–Crippen LogP) is 5.95. The third-order valence-corrected chi connectivity index (χ3v) is 10.8. The average molecular weight is 640 g/mol. The molecule has 4 amide bonds. The monoisotopic (exact) mass is 638 g/mol. The number of halogens is 4. The highest BCUT2D eigenvalue weighted by Crippen LogP contribution is 2.66. The number of anilines is 2. The third-order valence-electron chi connectivity index (χ3n) is 9.18. The van der Waals surface area contributed by atoms with Crippen molar-refractivity contribution in [2.75, 3.05) is 9.80 Å². The van der Waals surface area contributed by atoms with Crippen molar-refractivity contribution in [2.24, 2.45) is 17.8 Å². The molecule has 0 radical (unpaired) electrons. The largest absolute Gasteiger partial charge is 0.508 e. The topological polar surface area (TPSA) is 95.0 Å². The highest BCUT2D eigenvalue weighted by molar-refractivity contribution is 6.58. The summed E-state index contributed by atoms with van der Waals surface area (Å²) in [6, 6.07) is 17.3. The molecule has 7 nitrogen and oxygen atoms in total. The maximum absolute atomic E-state index is 14.3. The van der Waals surface area contributed by atoms with Gasteiger partial charge in [-0.15, -0.1) is 23.2 Å². The minimum Gasteiger partial charge on any atom is -0.508 e. The van der Waals surface area contributed by atoms with Gasteiger partial charge in [0.05, 0.1) is 23.2 Å². The van der Waals surface area contributed by atoms with E-state index in [1.807, 2.05) is 6.08 Å². The summed E-state index contributed by atoms with van der Waals surface area (Å²) in [4.78, 5) is 54.1. The minimum absolute atomic E-state index is 0.0939. The molecule has 6 atom stereocenters. The molecule has 1 N–H and O–H groups in total. The molecular formula is C32H22Cl3FN2O5. The Bertz CT molecular complexity index is 1760. The summed E-state index contributed by atoms with van der Waals surface area (Å²) in [7, 11) is 0. The van der Waals surface area contributed by atoms with Gasteiger partial charge in [0.15, 0.2) is 9.75 Å². The maximum Gasteiger partial charge on any atom is 0.258 e. The zero-order valence-electron chi connectivity index (χ0n) is 22.2. The van der Waals surface area contributed by atoms with Gasteiger partial charge in [-0.2, -0.15) is 0 Å². The molecule has 3 aromatic rings. The lowest BCUT2D eigenvalue weighted by atomic mass is 9.56. The molecule has 0 spiro atoms. The highest BCUT2D eigenvalue weighted by Gasteiger charge is 2.76. The number of allylic oxidation sites excluding steroid dienone is 2. The Hall–Kier alpha value is -3.72. The first-order chi connectivity index (χ1) is 20.5. The molecule has 2 heterocycles. The van der Waals surface area contributed by atoms with Gasteiger partial charge in [0, 0.05) is 10.9 Å². The van der Waals surface area contributed by atoms with E-state index in [1.54, 1.807) is 36.4 Å². The summed E-state index contributed by atoms with van der Waals surface area (Å²) < 4.78 is 13.8. The Morgan fingerprint density at radius 3 is 2.14 bits per heavy atom. The summed E-state index contributed by atoms with van der Waals surface area (Å²) >= 11 is 20.6. The van der Waals surface area contributed by atoms with Crippen LogP contribution in [0, 0.1) is 23.6 Å². The van der Waals surface area contributed by atoms with Crippen LogP contribution >= 0.6 is 34.8 Å². The Morgan fingerprint density at radius 2 is 1.47 bits per heavy atom. The number of hydrogen-bond acceptors (Lipinski definition) is 5. The van der Waals surface area contributed by atoms with Crippen molar-refractivity contribution in [1.82, 2.24) is 0 Å². The van der Waals surface area contributed by atoms with Crippen LogP contribution in [-0.4, -0.2) is 38.5 Å². The molecule has 43 heavy (non-hydrogen) atoms. The zero-order valence-corrected chi connectivity index (χ0v) is 24.5. The van der Waals surface area contributed by atoms with E-state index in [9.17, 15) is 28.7 Å². The van der Waals surface area contributed by atoms with Gasteiger partial charge in [0.2, 0.25) is 11.8 Å². The van der Waals surface area contributed by atoms with Crippen LogP contribution < -0.4 is 9.80 Å². The van der Waals surface area contributed by atoms with Crippen molar-refractivity contribution in [3.8, 4) is 5.75 Å². The molecule has 7 rings (SSSR count). The summed E-state index contributed by atoms with van der Waals surface area (Å²) in [5.74, 6) is -6.44. The van der Waals surface area contributed by atoms with Gasteiger partial charge >= 0.3 is 0 Å². The summed E-state index contributed by atoms with van der Waals surface area (Å²) in [5, 5.41) is 10.8. The standard InChI is InChI=1S/C32H22Cl3FN2O5/c33-17-4-8-19(9-5-17)37-27(40)23-13-12-22-24(25(23)28(37)41)15-31(34)29(42)38(20-10-6-18(36)7-11-20)30(43)32(31,35)26(22)16-2-1-3-21(39)14-16/h1-12,14,23-26,39H,13,15H2. The highest BCUT2D eigenvalue weighted by atomic mass is 35.5. The van der Waals surface area contributed by atoms with Gasteiger partial charge in [-0.05, 0) is 85.0 Å². The number of carbonyl (C=O) groups is 4. The Morgan fingerprint density at radius 1 is 0.814 bits per heavy atom. The van der Waals surface area contributed by atoms with Crippen molar-refractivity contribution in [2.45, 2.75) is 28.5 Å². The molecule has 3 fully saturated rings. The Kier molecular flexibility index (Phi) is 6.30. The molecule has 218 valence electrons. The van der Waals surface area contributed by atoms with Crippen molar-refractivity contribution < 1.29 is 28.7 Å². The SMILES string of the molecule is O=C1C2CC=C3C(CC4(Cl)C(=O)N(c5ccc(F)cc5)C(=O)C4(Cl)C3c3cccc(O)c3)C2C(=O)N1c1ccc(Cl)cc1. The predicted molar refractivity (Wildman–Crippen MR) is 159 cm³/mol. The Balaban J connectivity index is 1.39. The van der Waals surface area contributed by atoms with E-state index >= 15 is 0 Å². The fraction of sp³-hybridized carbons (Fsp3) is 0.250. The number of phenols is 1. The van der Waals surface area contributed by atoms with Crippen molar-refractivity contribution in [3.05, 3.63) is 101 Å². The summed E-state index contributed by atoms with van der Waals surface area (Å²) in [6.07, 6.45) is 1.82. The number of imide groups is 2. The van der Waals surface area contributed by atoms with E-state index < -0.39 is 57.0 Å². The van der Waals surface area contributed by atoms with E-state index in [2.05, 4.69) is 0 Å². The third kappa shape index (κ3) is 3.79. The molecular weight excluding hydrogens is 618 g/mol. The van der Waals surface area contributed by atoms with Crippen LogP contribution in [0.2, 0.25) is 5.02 Å². The van der Waals surface area contributed by atoms with E-state index in [-0.39, 0.29) is 30.2 Å². The number of nitrogens with zero attached hydrogens (tertiary/aromatic N) is 2. The summed E-state index contributed by atoms with van der Waals surface area (Å²) in [5.41, 5.74) is 1.48. The van der Waals surface area contributed by atoms with Crippen molar-refractivity contribution in [3.63, 3.8) is 0 Å². The number of fused-ring (bicyclic) bond motifs is 4. The average Bonchev–Trinajstić information content (AvgIpc) is 3.32. The first kappa shape index (κ1) is 28.1. The van der Waals surface area contributed by atoms with Crippen LogP contribution in [0.5, 0.6) is 5.75 Å². The van der Waals surface area contributed by atoms with Crippen LogP contribution in [-0.2, 0) is 19.2 Å². The van der Waals surface area contributed by atoms with Gasteiger partial charge in [-0.1, -0.05) is 35.4 Å². The van der Waals surface area contributed by atoms with Gasteiger partial charge in [-0.25, -0.2) is 9.29 Å². The van der Waals surface area contributed by atoms with E-state index in [4.69, 9.17) is 34.8 Å². The second kappa shape index (κ2) is 9.64. The molecule has 11 heteroatoms. The number of phenolic OH excluding ortho intramolecular Hbond substituents is 1. The summed E-state index contributed by atoms with van der Waals surface area (Å²) in [6.45, 7) is 0. The number of hydrogen-bond donors (Lipinski definition) is 1. The number of rotatable bonds is 3. The molecule has 1 saturated carbocycles. The molecule has 6 unspecified atom stereocenters.